The van der Waals surface area contributed by atoms with E-state index in [1.807, 2.05) is 60.7 Å². The summed E-state index contributed by atoms with van der Waals surface area (Å²) in [5.41, 5.74) is 1.94. The minimum Gasteiger partial charge on any atom is -0.453 e. The second kappa shape index (κ2) is 10.7. The number of benzene rings is 2. The Kier molecular flexibility index (Phi) is 8.03. The molecular weight excluding hydrogens is 396 g/mol. The van der Waals surface area contributed by atoms with Crippen molar-refractivity contribution in [2.75, 3.05) is 5.88 Å². The van der Waals surface area contributed by atoms with Gasteiger partial charge in [-0.15, -0.1) is 11.6 Å². The molecule has 0 aliphatic carbocycles. The van der Waals surface area contributed by atoms with E-state index in [4.69, 9.17) is 30.5 Å². The molecule has 1 heterocycles. The maximum absolute atomic E-state index is 11.8. The molecule has 1 fully saturated rings. The zero-order valence-electron chi connectivity index (χ0n) is 16.1. The van der Waals surface area contributed by atoms with Crippen LogP contribution in [0, 0.1) is 0 Å². The number of alkyl halides is 1. The summed E-state index contributed by atoms with van der Waals surface area (Å²) in [5.74, 6) is -0.997. The zero-order chi connectivity index (χ0) is 20.6. The first-order valence-corrected chi connectivity index (χ1v) is 10.0. The molecule has 1 N–H and O–H groups in total. The van der Waals surface area contributed by atoms with Gasteiger partial charge in [0, 0.05) is 0 Å². The molecule has 5 atom stereocenters. The molecule has 2 aromatic rings. The number of esters is 1. The lowest BCUT2D eigenvalue weighted by atomic mass is 9.98. The Balaban J connectivity index is 1.77. The standard InChI is InChI=1S/C22H25ClO6/c1-15-19(26-13-16-8-4-2-5-9-16)20(27-14-17-10-6-3-7-11-17)21(22(25)28-15)29-18(24)12-23/h2-11,15,19-22,25H,12-14H2,1H3/t15-,19-,20+,21+,22?/m0/s1. The van der Waals surface area contributed by atoms with Crippen molar-refractivity contribution in [3.63, 3.8) is 0 Å². The molecule has 1 saturated heterocycles. The maximum Gasteiger partial charge on any atom is 0.321 e. The number of ether oxygens (including phenoxy) is 4. The zero-order valence-corrected chi connectivity index (χ0v) is 16.9. The van der Waals surface area contributed by atoms with Crippen LogP contribution in [0.25, 0.3) is 0 Å². The lowest BCUT2D eigenvalue weighted by Crippen LogP contribution is -2.59. The number of hydrogen-bond acceptors (Lipinski definition) is 6. The lowest BCUT2D eigenvalue weighted by Gasteiger charge is -2.43. The van der Waals surface area contributed by atoms with E-state index < -0.39 is 36.7 Å². The van der Waals surface area contributed by atoms with Crippen LogP contribution in [0.15, 0.2) is 60.7 Å². The summed E-state index contributed by atoms with van der Waals surface area (Å²) in [6.07, 6.45) is -4.16. The molecule has 1 unspecified atom stereocenters. The minimum atomic E-state index is -1.34. The number of halogens is 1. The molecular formula is C22H25ClO6. The Bertz CT molecular complexity index is 756. The number of rotatable bonds is 8. The van der Waals surface area contributed by atoms with Crippen LogP contribution in [0.5, 0.6) is 0 Å². The fourth-order valence-electron chi connectivity index (χ4n) is 3.25. The molecule has 1 aliphatic rings. The monoisotopic (exact) mass is 420 g/mol. The largest absolute Gasteiger partial charge is 0.453 e. The molecule has 156 valence electrons. The van der Waals surface area contributed by atoms with Gasteiger partial charge in [-0.05, 0) is 18.1 Å². The van der Waals surface area contributed by atoms with E-state index >= 15 is 0 Å². The minimum absolute atomic E-state index is 0.269. The number of carbonyl (C=O) groups is 1. The SMILES string of the molecule is C[C@@H]1OC(O)[C@H](OC(=O)CCl)[C@H](OCc2ccccc2)[C@H]1OCc1ccccc1. The average molecular weight is 421 g/mol. The second-order valence-corrected chi connectivity index (χ2v) is 7.11. The first-order valence-electron chi connectivity index (χ1n) is 9.48. The first-order chi connectivity index (χ1) is 14.1. The molecule has 0 bridgehead atoms. The maximum atomic E-state index is 11.8. The summed E-state index contributed by atoms with van der Waals surface area (Å²) in [6.45, 7) is 2.39. The summed E-state index contributed by atoms with van der Waals surface area (Å²) in [7, 11) is 0. The molecule has 0 amide bonds. The van der Waals surface area contributed by atoms with E-state index in [0.29, 0.717) is 6.61 Å². The Morgan fingerprint density at radius 3 is 1.97 bits per heavy atom. The van der Waals surface area contributed by atoms with Crippen LogP contribution >= 0.6 is 11.6 Å². The van der Waals surface area contributed by atoms with Crippen molar-refractivity contribution in [1.82, 2.24) is 0 Å². The molecule has 3 rings (SSSR count). The highest BCUT2D eigenvalue weighted by molar-refractivity contribution is 6.26. The van der Waals surface area contributed by atoms with Crippen LogP contribution in [0.4, 0.5) is 0 Å². The van der Waals surface area contributed by atoms with Gasteiger partial charge in [-0.1, -0.05) is 60.7 Å². The summed E-state index contributed by atoms with van der Waals surface area (Å²) >= 11 is 5.58. The van der Waals surface area contributed by atoms with E-state index in [1.54, 1.807) is 6.92 Å². The molecule has 2 aromatic carbocycles. The van der Waals surface area contributed by atoms with Crippen LogP contribution in [0.3, 0.4) is 0 Å². The fraction of sp³-hybridized carbons (Fsp3) is 0.409. The molecule has 1 aliphatic heterocycles. The molecule has 0 saturated carbocycles. The molecule has 0 radical (unpaired) electrons. The number of hydrogen-bond donors (Lipinski definition) is 1. The van der Waals surface area contributed by atoms with Gasteiger partial charge in [0.15, 0.2) is 12.4 Å². The third-order valence-electron chi connectivity index (χ3n) is 4.69. The summed E-state index contributed by atoms with van der Waals surface area (Å²) in [5, 5.41) is 10.4. The highest BCUT2D eigenvalue weighted by atomic mass is 35.5. The topological polar surface area (TPSA) is 74.2 Å². The normalized spacial score (nSPS) is 26.8. The molecule has 7 heteroatoms. The van der Waals surface area contributed by atoms with Crippen molar-refractivity contribution in [1.29, 1.82) is 0 Å². The second-order valence-electron chi connectivity index (χ2n) is 6.84. The third-order valence-corrected chi connectivity index (χ3v) is 4.91. The van der Waals surface area contributed by atoms with Crippen molar-refractivity contribution < 1.29 is 28.8 Å². The average Bonchev–Trinajstić information content (AvgIpc) is 2.75. The van der Waals surface area contributed by atoms with Gasteiger partial charge in [-0.2, -0.15) is 0 Å². The summed E-state index contributed by atoms with van der Waals surface area (Å²) in [4.78, 5) is 11.8. The van der Waals surface area contributed by atoms with E-state index in [0.717, 1.165) is 11.1 Å². The number of aliphatic hydroxyl groups is 1. The molecule has 0 spiro atoms. The van der Waals surface area contributed by atoms with E-state index in [1.165, 1.54) is 0 Å². The molecule has 6 nitrogen and oxygen atoms in total. The highest BCUT2D eigenvalue weighted by Gasteiger charge is 2.47. The Morgan fingerprint density at radius 1 is 0.931 bits per heavy atom. The van der Waals surface area contributed by atoms with Crippen LogP contribution in [0.1, 0.15) is 18.1 Å². The van der Waals surface area contributed by atoms with Crippen LogP contribution in [-0.4, -0.2) is 47.7 Å². The van der Waals surface area contributed by atoms with Gasteiger partial charge in [0.1, 0.15) is 18.1 Å². The van der Waals surface area contributed by atoms with Crippen molar-refractivity contribution in [2.24, 2.45) is 0 Å². The Hall–Kier alpha value is -1.96. The molecule has 29 heavy (non-hydrogen) atoms. The predicted molar refractivity (Wildman–Crippen MR) is 107 cm³/mol. The highest BCUT2D eigenvalue weighted by Crippen LogP contribution is 2.28. The van der Waals surface area contributed by atoms with Crippen molar-refractivity contribution in [2.45, 2.75) is 50.8 Å². The van der Waals surface area contributed by atoms with Crippen molar-refractivity contribution in [3.05, 3.63) is 71.8 Å². The van der Waals surface area contributed by atoms with Gasteiger partial charge >= 0.3 is 5.97 Å². The lowest BCUT2D eigenvalue weighted by molar-refractivity contribution is -0.300. The summed E-state index contributed by atoms with van der Waals surface area (Å²) < 4.78 is 23.1. The first kappa shape index (κ1) is 21.7. The fourth-order valence-corrected chi connectivity index (χ4v) is 3.32. The quantitative estimate of drug-likeness (QED) is 0.522. The van der Waals surface area contributed by atoms with E-state index in [2.05, 4.69) is 0 Å². The van der Waals surface area contributed by atoms with Crippen LogP contribution < -0.4 is 0 Å². The van der Waals surface area contributed by atoms with Gasteiger partial charge in [-0.3, -0.25) is 4.79 Å². The number of carbonyl (C=O) groups excluding carboxylic acids is 1. The van der Waals surface area contributed by atoms with Crippen LogP contribution in [0.2, 0.25) is 0 Å². The van der Waals surface area contributed by atoms with Gasteiger partial charge < -0.3 is 24.1 Å². The van der Waals surface area contributed by atoms with Crippen molar-refractivity contribution >= 4 is 17.6 Å². The van der Waals surface area contributed by atoms with E-state index in [9.17, 15) is 9.90 Å². The number of aliphatic hydroxyl groups excluding tert-OH is 1. The van der Waals surface area contributed by atoms with Gasteiger partial charge in [0.25, 0.3) is 0 Å². The Morgan fingerprint density at radius 2 is 1.45 bits per heavy atom. The van der Waals surface area contributed by atoms with Gasteiger partial charge in [0.2, 0.25) is 0 Å². The van der Waals surface area contributed by atoms with Gasteiger partial charge in [-0.25, -0.2) is 0 Å². The molecule has 0 aromatic heterocycles. The van der Waals surface area contributed by atoms with Gasteiger partial charge in [0.05, 0.1) is 19.3 Å². The Labute approximate surface area is 175 Å². The van der Waals surface area contributed by atoms with Crippen molar-refractivity contribution in [3.8, 4) is 0 Å². The van der Waals surface area contributed by atoms with Crippen LogP contribution in [-0.2, 0) is 37.0 Å². The smallest absolute Gasteiger partial charge is 0.321 e. The summed E-state index contributed by atoms with van der Waals surface area (Å²) in [6, 6.07) is 19.3. The van der Waals surface area contributed by atoms with E-state index in [-0.39, 0.29) is 12.5 Å². The predicted octanol–water partition coefficient (Wildman–Crippen LogP) is 3.04. The third kappa shape index (κ3) is 6.01.